The standard InChI is InChI=1S/C60H105NO3/c1-3-5-7-9-11-13-15-17-19-21-23-25-27-28-29-30-31-32-34-36-38-40-42-44-46-48-50-52-54-56-60(64)61-58(57-62)59(63)55-53-51-49-47-45-43-41-39-37-35-33-26-24-22-20-18-16-14-12-10-8-6-4-2/h5,7,11,13,17,19,23,25,28-29,31-32,45,47,53,55,58-59,62-63H,3-4,6,8-10,12,14-16,18,20-22,24,26-27,30,33-44,46,48-52,54,56-57H2,1-2H3,(H,61,64)/b7-5-,13-11-,19-17-,25-23-,29-28-,32-31-,47-45+,55-53+. The quantitative estimate of drug-likeness (QED) is 0.0421. The number of aliphatic hydroxyl groups is 2. The summed E-state index contributed by atoms with van der Waals surface area (Å²) in [5.41, 5.74) is 0. The van der Waals surface area contributed by atoms with Gasteiger partial charge in [0, 0.05) is 6.42 Å². The molecule has 0 bridgehead atoms. The molecular weight excluding hydrogens is 783 g/mol. The number of carbonyl (C=O) groups is 1. The largest absolute Gasteiger partial charge is 0.394 e. The van der Waals surface area contributed by atoms with Crippen LogP contribution in [0.25, 0.3) is 0 Å². The van der Waals surface area contributed by atoms with E-state index in [1.165, 1.54) is 167 Å². The molecule has 0 fully saturated rings. The fourth-order valence-corrected chi connectivity index (χ4v) is 7.90. The van der Waals surface area contributed by atoms with Crippen LogP contribution in [0.5, 0.6) is 0 Å². The zero-order valence-corrected chi connectivity index (χ0v) is 42.3. The van der Waals surface area contributed by atoms with Crippen molar-refractivity contribution in [3.8, 4) is 0 Å². The van der Waals surface area contributed by atoms with Crippen molar-refractivity contribution in [3.05, 3.63) is 97.2 Å². The highest BCUT2D eigenvalue weighted by molar-refractivity contribution is 5.76. The molecular formula is C60H105NO3. The van der Waals surface area contributed by atoms with Gasteiger partial charge in [0.2, 0.25) is 5.91 Å². The maximum Gasteiger partial charge on any atom is 0.220 e. The topological polar surface area (TPSA) is 69.6 Å². The Labute approximate surface area is 398 Å². The van der Waals surface area contributed by atoms with Crippen LogP contribution in [0.2, 0.25) is 0 Å². The number of unbranched alkanes of at least 4 members (excludes halogenated alkanes) is 28. The monoisotopic (exact) mass is 888 g/mol. The van der Waals surface area contributed by atoms with Gasteiger partial charge >= 0.3 is 0 Å². The van der Waals surface area contributed by atoms with Gasteiger partial charge in [0.15, 0.2) is 0 Å². The van der Waals surface area contributed by atoms with Crippen LogP contribution in [0, 0.1) is 0 Å². The normalized spacial score (nSPS) is 13.6. The molecule has 0 saturated carbocycles. The molecule has 0 aromatic carbocycles. The van der Waals surface area contributed by atoms with Crippen LogP contribution in [0.3, 0.4) is 0 Å². The Morgan fingerprint density at radius 2 is 0.703 bits per heavy atom. The van der Waals surface area contributed by atoms with Crippen molar-refractivity contribution in [2.24, 2.45) is 0 Å². The van der Waals surface area contributed by atoms with E-state index in [1.807, 2.05) is 6.08 Å². The minimum atomic E-state index is -0.871. The Bertz CT molecular complexity index is 1190. The molecule has 4 nitrogen and oxygen atoms in total. The molecule has 0 rings (SSSR count). The molecule has 0 heterocycles. The molecule has 64 heavy (non-hydrogen) atoms. The average molecular weight is 889 g/mol. The fourth-order valence-electron chi connectivity index (χ4n) is 7.90. The smallest absolute Gasteiger partial charge is 0.220 e. The van der Waals surface area contributed by atoms with Gasteiger partial charge in [0.1, 0.15) is 0 Å². The molecule has 368 valence electrons. The fraction of sp³-hybridized carbons (Fsp3) is 0.717. The van der Waals surface area contributed by atoms with E-state index in [-0.39, 0.29) is 12.5 Å². The summed E-state index contributed by atoms with van der Waals surface area (Å²) in [5, 5.41) is 23.1. The molecule has 0 aliphatic rings. The van der Waals surface area contributed by atoms with Gasteiger partial charge in [-0.2, -0.15) is 0 Å². The summed E-state index contributed by atoms with van der Waals surface area (Å²) in [4.78, 5) is 12.5. The maximum atomic E-state index is 12.5. The summed E-state index contributed by atoms with van der Waals surface area (Å²) in [6, 6.07) is -0.648. The molecule has 0 spiro atoms. The lowest BCUT2D eigenvalue weighted by Gasteiger charge is -2.19. The maximum absolute atomic E-state index is 12.5. The van der Waals surface area contributed by atoms with E-state index in [2.05, 4.69) is 104 Å². The van der Waals surface area contributed by atoms with Gasteiger partial charge in [-0.15, -0.1) is 0 Å². The zero-order chi connectivity index (χ0) is 46.3. The molecule has 2 unspecified atom stereocenters. The summed E-state index contributed by atoms with van der Waals surface area (Å²) in [6.45, 7) is 4.19. The van der Waals surface area contributed by atoms with Crippen LogP contribution >= 0.6 is 0 Å². The first kappa shape index (κ1) is 61.3. The Hall–Kier alpha value is -2.69. The summed E-state index contributed by atoms with van der Waals surface area (Å²) < 4.78 is 0. The summed E-state index contributed by atoms with van der Waals surface area (Å²) in [6.07, 6.45) is 81.3. The van der Waals surface area contributed by atoms with Crippen LogP contribution in [0.1, 0.15) is 258 Å². The van der Waals surface area contributed by atoms with E-state index >= 15 is 0 Å². The average Bonchev–Trinajstić information content (AvgIpc) is 3.30. The molecule has 0 aliphatic carbocycles. The number of hydrogen-bond acceptors (Lipinski definition) is 3. The minimum absolute atomic E-state index is 0.0807. The van der Waals surface area contributed by atoms with Crippen molar-refractivity contribution in [2.75, 3.05) is 6.61 Å². The number of aliphatic hydroxyl groups excluding tert-OH is 2. The van der Waals surface area contributed by atoms with Crippen molar-refractivity contribution in [1.29, 1.82) is 0 Å². The van der Waals surface area contributed by atoms with Gasteiger partial charge in [0.25, 0.3) is 0 Å². The van der Waals surface area contributed by atoms with Crippen molar-refractivity contribution < 1.29 is 15.0 Å². The highest BCUT2D eigenvalue weighted by Crippen LogP contribution is 2.16. The van der Waals surface area contributed by atoms with E-state index in [1.54, 1.807) is 6.08 Å². The van der Waals surface area contributed by atoms with E-state index in [0.717, 1.165) is 70.6 Å². The molecule has 0 radical (unpaired) electrons. The highest BCUT2D eigenvalue weighted by atomic mass is 16.3. The van der Waals surface area contributed by atoms with E-state index < -0.39 is 12.1 Å². The van der Waals surface area contributed by atoms with Crippen LogP contribution in [0.4, 0.5) is 0 Å². The van der Waals surface area contributed by atoms with E-state index in [4.69, 9.17) is 0 Å². The van der Waals surface area contributed by atoms with Crippen LogP contribution < -0.4 is 5.32 Å². The second-order valence-electron chi connectivity index (χ2n) is 18.3. The first-order chi connectivity index (χ1) is 31.7. The van der Waals surface area contributed by atoms with Crippen LogP contribution in [0.15, 0.2) is 97.2 Å². The second kappa shape index (κ2) is 54.6. The first-order valence-corrected chi connectivity index (χ1v) is 27.5. The lowest BCUT2D eigenvalue weighted by molar-refractivity contribution is -0.123. The van der Waals surface area contributed by atoms with Crippen LogP contribution in [-0.2, 0) is 4.79 Å². The number of hydrogen-bond donors (Lipinski definition) is 3. The van der Waals surface area contributed by atoms with Gasteiger partial charge in [0.05, 0.1) is 18.8 Å². The molecule has 0 aliphatic heterocycles. The molecule has 0 aromatic heterocycles. The van der Waals surface area contributed by atoms with Crippen LogP contribution in [-0.4, -0.2) is 34.9 Å². The molecule has 3 N–H and O–H groups in total. The molecule has 4 heteroatoms. The number of allylic oxidation sites excluding steroid dienone is 15. The molecule has 1 amide bonds. The van der Waals surface area contributed by atoms with E-state index in [9.17, 15) is 15.0 Å². The minimum Gasteiger partial charge on any atom is -0.394 e. The number of rotatable bonds is 49. The van der Waals surface area contributed by atoms with Gasteiger partial charge in [-0.1, -0.05) is 265 Å². The lowest BCUT2D eigenvalue weighted by atomic mass is 10.0. The number of carbonyl (C=O) groups excluding carboxylic acids is 1. The van der Waals surface area contributed by atoms with Gasteiger partial charge in [-0.3, -0.25) is 4.79 Å². The summed E-state index contributed by atoms with van der Waals surface area (Å²) >= 11 is 0. The number of amides is 1. The molecule has 0 saturated heterocycles. The second-order valence-corrected chi connectivity index (χ2v) is 18.3. The lowest BCUT2D eigenvalue weighted by Crippen LogP contribution is -2.45. The zero-order valence-electron chi connectivity index (χ0n) is 42.3. The van der Waals surface area contributed by atoms with Gasteiger partial charge in [-0.05, 0) is 83.5 Å². The Morgan fingerprint density at radius 3 is 1.09 bits per heavy atom. The third-order valence-electron chi connectivity index (χ3n) is 12.1. The van der Waals surface area contributed by atoms with Crippen molar-refractivity contribution >= 4 is 5.91 Å². The Morgan fingerprint density at radius 1 is 0.391 bits per heavy atom. The Kier molecular flexibility index (Phi) is 52.3. The van der Waals surface area contributed by atoms with Crippen molar-refractivity contribution in [1.82, 2.24) is 5.32 Å². The third kappa shape index (κ3) is 50.3. The first-order valence-electron chi connectivity index (χ1n) is 27.5. The van der Waals surface area contributed by atoms with Crippen molar-refractivity contribution in [2.45, 2.75) is 270 Å². The van der Waals surface area contributed by atoms with Gasteiger partial charge in [-0.25, -0.2) is 0 Å². The van der Waals surface area contributed by atoms with E-state index in [0.29, 0.717) is 6.42 Å². The Balaban J connectivity index is 3.60. The predicted molar refractivity (Wildman–Crippen MR) is 285 cm³/mol. The number of nitrogens with one attached hydrogen (secondary N) is 1. The SMILES string of the molecule is CC/C=C\C/C=C\C/C=C\C/C=C\C/C=C\C/C=C\CCCCCCCCCCCCC(=O)NC(CO)C(O)/C=C/CC/C=C/CCCCCCCCCCCCCCCCCCC. The third-order valence-corrected chi connectivity index (χ3v) is 12.1. The van der Waals surface area contributed by atoms with Crippen molar-refractivity contribution in [3.63, 3.8) is 0 Å². The molecule has 0 aromatic rings. The predicted octanol–water partition coefficient (Wildman–Crippen LogP) is 18.1. The van der Waals surface area contributed by atoms with Gasteiger partial charge < -0.3 is 15.5 Å². The summed E-state index contributed by atoms with van der Waals surface area (Å²) in [7, 11) is 0. The summed E-state index contributed by atoms with van der Waals surface area (Å²) in [5.74, 6) is -0.0807. The molecule has 2 atom stereocenters. The highest BCUT2D eigenvalue weighted by Gasteiger charge is 2.17.